The topological polar surface area (TPSA) is 26.3 Å². The van der Waals surface area contributed by atoms with Crippen LogP contribution in [0, 0.1) is 12.3 Å². The van der Waals surface area contributed by atoms with Crippen LogP contribution in [0.15, 0.2) is 0 Å². The monoisotopic (exact) mass is 228 g/mol. The first-order valence-electron chi connectivity index (χ1n) is 5.01. The molecule has 0 aliphatic carbocycles. The third kappa shape index (κ3) is 4.67. The number of carbonyl (C=O) groups excluding carboxylic acids is 1. The molecule has 0 fully saturated rings. The van der Waals surface area contributed by atoms with Crippen molar-refractivity contribution in [2.24, 2.45) is 0 Å². The zero-order valence-corrected chi connectivity index (χ0v) is 11.4. The molecule has 2 nitrogen and oxygen atoms in total. The van der Waals surface area contributed by atoms with Crippen molar-refractivity contribution < 1.29 is 9.53 Å². The Balaban J connectivity index is 4.83. The highest BCUT2D eigenvalue weighted by molar-refractivity contribution is 7.76. The second-order valence-corrected chi connectivity index (χ2v) is 9.16. The van der Waals surface area contributed by atoms with E-state index >= 15 is 0 Å². The highest BCUT2D eigenvalue weighted by atomic mass is 31.1. The second kappa shape index (κ2) is 4.99. The summed E-state index contributed by atoms with van der Waals surface area (Å²) in [6, 6.07) is 0. The molecule has 15 heavy (non-hydrogen) atoms. The Hall–Kier alpha value is -0.540. The normalized spacial score (nSPS) is 12.4. The van der Waals surface area contributed by atoms with E-state index in [0.29, 0.717) is 0 Å². The van der Waals surface area contributed by atoms with Gasteiger partial charge in [0.25, 0.3) is 0 Å². The summed E-state index contributed by atoms with van der Waals surface area (Å²) in [4.78, 5) is 11.9. The number of terminal acetylenes is 1. The van der Waals surface area contributed by atoms with E-state index in [1.807, 2.05) is 0 Å². The molecule has 0 aromatic heterocycles. The molecule has 0 aromatic rings. The van der Waals surface area contributed by atoms with Gasteiger partial charge in [-0.2, -0.15) is 0 Å². The number of rotatable bonds is 2. The predicted octanol–water partition coefficient (Wildman–Crippen LogP) is 3.84. The molecule has 0 radical (unpaired) electrons. The first-order chi connectivity index (χ1) is 6.60. The molecule has 0 bridgehead atoms. The number of hydrogen-bond donors (Lipinski definition) is 0. The molecular formula is C12H21O2P. The SMILES string of the molecule is C#CCOC(=O)P(C(C)(C)C)C(C)(C)C. The van der Waals surface area contributed by atoms with Crippen molar-refractivity contribution in [1.29, 1.82) is 0 Å². The van der Waals surface area contributed by atoms with Crippen molar-refractivity contribution in [3.8, 4) is 12.3 Å². The smallest absolute Gasteiger partial charge is 0.328 e. The largest absolute Gasteiger partial charge is 0.449 e. The van der Waals surface area contributed by atoms with Crippen molar-refractivity contribution in [3.63, 3.8) is 0 Å². The zero-order valence-electron chi connectivity index (χ0n) is 10.5. The Labute approximate surface area is 94.5 Å². The van der Waals surface area contributed by atoms with E-state index in [1.165, 1.54) is 0 Å². The minimum atomic E-state index is -0.872. The first kappa shape index (κ1) is 14.5. The van der Waals surface area contributed by atoms with Crippen molar-refractivity contribution >= 4 is 13.6 Å². The summed E-state index contributed by atoms with van der Waals surface area (Å²) in [5.41, 5.74) is -0.136. The second-order valence-electron chi connectivity index (χ2n) is 5.44. The van der Waals surface area contributed by atoms with E-state index in [-0.39, 0.29) is 22.6 Å². The van der Waals surface area contributed by atoms with E-state index in [1.54, 1.807) is 0 Å². The third-order valence-electron chi connectivity index (χ3n) is 1.80. The van der Waals surface area contributed by atoms with Crippen LogP contribution in [0.3, 0.4) is 0 Å². The third-order valence-corrected chi connectivity index (χ3v) is 4.98. The van der Waals surface area contributed by atoms with Gasteiger partial charge in [0, 0.05) is 7.92 Å². The summed E-state index contributed by atoms with van der Waals surface area (Å²) in [6.45, 7) is 12.5. The van der Waals surface area contributed by atoms with Crippen LogP contribution in [0.2, 0.25) is 0 Å². The van der Waals surface area contributed by atoms with Crippen LogP contribution in [-0.2, 0) is 4.74 Å². The van der Waals surface area contributed by atoms with Crippen LogP contribution in [-0.4, -0.2) is 22.6 Å². The van der Waals surface area contributed by atoms with Crippen LogP contribution in [0.4, 0.5) is 4.79 Å². The predicted molar refractivity (Wildman–Crippen MR) is 66.6 cm³/mol. The van der Waals surface area contributed by atoms with Gasteiger partial charge < -0.3 is 4.74 Å². The number of ether oxygens (including phenoxy) is 1. The van der Waals surface area contributed by atoms with Gasteiger partial charge in [0.15, 0.2) is 6.61 Å². The van der Waals surface area contributed by atoms with Crippen LogP contribution in [0.1, 0.15) is 41.5 Å². The minimum absolute atomic E-state index is 0.0563. The van der Waals surface area contributed by atoms with Crippen LogP contribution >= 0.6 is 7.92 Å². The molecule has 0 N–H and O–H groups in total. The molecule has 0 spiro atoms. The summed E-state index contributed by atoms with van der Waals surface area (Å²) >= 11 is 0. The van der Waals surface area contributed by atoms with Gasteiger partial charge in [0.05, 0.1) is 0 Å². The average Bonchev–Trinajstić information content (AvgIpc) is 1.94. The molecule has 0 rings (SSSR count). The van der Waals surface area contributed by atoms with Crippen LogP contribution < -0.4 is 0 Å². The molecule has 0 saturated heterocycles. The highest BCUT2D eigenvalue weighted by Crippen LogP contribution is 2.60. The highest BCUT2D eigenvalue weighted by Gasteiger charge is 2.41. The zero-order chi connectivity index (χ0) is 12.3. The number of hydrogen-bond acceptors (Lipinski definition) is 2. The van der Waals surface area contributed by atoms with Gasteiger partial charge in [-0.15, -0.1) is 6.42 Å². The van der Waals surface area contributed by atoms with Gasteiger partial charge in [-0.1, -0.05) is 47.5 Å². The standard InChI is InChI=1S/C12H21O2P/c1-8-9-14-10(13)15(11(2,3)4)12(5,6)7/h1H,9H2,2-7H3. The maximum Gasteiger partial charge on any atom is 0.328 e. The van der Waals surface area contributed by atoms with Crippen molar-refractivity contribution in [3.05, 3.63) is 0 Å². The van der Waals surface area contributed by atoms with Gasteiger partial charge in [-0.05, 0) is 10.3 Å². The van der Waals surface area contributed by atoms with E-state index < -0.39 is 7.92 Å². The van der Waals surface area contributed by atoms with Gasteiger partial charge in [0.1, 0.15) is 0 Å². The maximum atomic E-state index is 11.9. The molecular weight excluding hydrogens is 207 g/mol. The molecule has 0 atom stereocenters. The van der Waals surface area contributed by atoms with E-state index in [4.69, 9.17) is 11.2 Å². The lowest BCUT2D eigenvalue weighted by Crippen LogP contribution is -2.29. The summed E-state index contributed by atoms with van der Waals surface area (Å²) < 4.78 is 5.06. The quantitative estimate of drug-likeness (QED) is 0.530. The molecule has 3 heteroatoms. The van der Waals surface area contributed by atoms with Gasteiger partial charge in [-0.25, -0.2) is 4.79 Å². The summed E-state index contributed by atoms with van der Waals surface area (Å²) in [7, 11) is -0.872. The Kier molecular flexibility index (Phi) is 4.81. The molecule has 0 amide bonds. The fraction of sp³-hybridized carbons (Fsp3) is 0.750. The Morgan fingerprint density at radius 2 is 1.60 bits per heavy atom. The van der Waals surface area contributed by atoms with Gasteiger partial charge in [0.2, 0.25) is 0 Å². The van der Waals surface area contributed by atoms with E-state index in [9.17, 15) is 4.79 Å². The molecule has 0 heterocycles. The number of carbonyl (C=O) groups is 1. The van der Waals surface area contributed by atoms with Crippen molar-refractivity contribution in [1.82, 2.24) is 0 Å². The molecule has 0 unspecified atom stereocenters. The van der Waals surface area contributed by atoms with Crippen LogP contribution in [0.25, 0.3) is 0 Å². The molecule has 0 aliphatic rings. The fourth-order valence-electron chi connectivity index (χ4n) is 1.72. The fourth-order valence-corrected chi connectivity index (χ4v) is 5.02. The van der Waals surface area contributed by atoms with Gasteiger partial charge >= 0.3 is 5.71 Å². The lowest BCUT2D eigenvalue weighted by atomic mass is 10.2. The average molecular weight is 228 g/mol. The molecule has 0 saturated carbocycles. The van der Waals surface area contributed by atoms with E-state index in [0.717, 1.165) is 0 Å². The summed E-state index contributed by atoms with van der Waals surface area (Å²) in [5, 5.41) is -0.113. The van der Waals surface area contributed by atoms with Crippen molar-refractivity contribution in [2.75, 3.05) is 6.61 Å². The lowest BCUT2D eigenvalue weighted by molar-refractivity contribution is 0.187. The van der Waals surface area contributed by atoms with Gasteiger partial charge in [-0.3, -0.25) is 0 Å². The Morgan fingerprint density at radius 1 is 1.20 bits per heavy atom. The lowest BCUT2D eigenvalue weighted by Gasteiger charge is -2.38. The maximum absolute atomic E-state index is 11.9. The first-order valence-corrected chi connectivity index (χ1v) is 6.35. The summed E-state index contributed by atoms with van der Waals surface area (Å²) in [6.07, 6.45) is 5.08. The van der Waals surface area contributed by atoms with Crippen molar-refractivity contribution in [2.45, 2.75) is 51.9 Å². The Bertz CT molecular complexity index is 249. The molecule has 86 valence electrons. The van der Waals surface area contributed by atoms with E-state index in [2.05, 4.69) is 47.5 Å². The Morgan fingerprint density at radius 3 is 1.87 bits per heavy atom. The molecule has 0 aliphatic heterocycles. The minimum Gasteiger partial charge on any atom is -0.449 e. The summed E-state index contributed by atoms with van der Waals surface area (Å²) in [5.74, 6) is 2.32. The van der Waals surface area contributed by atoms with Crippen LogP contribution in [0.5, 0.6) is 0 Å². The molecule has 0 aromatic carbocycles.